The van der Waals surface area contributed by atoms with E-state index in [1.807, 2.05) is 36.4 Å². The van der Waals surface area contributed by atoms with Gasteiger partial charge in [-0.2, -0.15) is 0 Å². The summed E-state index contributed by atoms with van der Waals surface area (Å²) >= 11 is 1.74. The van der Waals surface area contributed by atoms with Crippen molar-refractivity contribution in [3.8, 4) is 10.6 Å². The minimum absolute atomic E-state index is 0.0716. The number of amides is 1. The summed E-state index contributed by atoms with van der Waals surface area (Å²) in [7, 11) is 0. The van der Waals surface area contributed by atoms with Crippen LogP contribution in [0.5, 0.6) is 0 Å². The first-order chi connectivity index (χ1) is 12.8. The number of hydrogen-bond donors (Lipinski definition) is 1. The van der Waals surface area contributed by atoms with E-state index in [-0.39, 0.29) is 11.8 Å². The van der Waals surface area contributed by atoms with Crippen LogP contribution in [0.2, 0.25) is 0 Å². The first-order valence-electron chi connectivity index (χ1n) is 9.15. The third kappa shape index (κ3) is 3.86. The Bertz CT molecular complexity index is 874. The molecule has 0 aliphatic heterocycles. The minimum Gasteiger partial charge on any atom is -0.356 e. The SMILES string of the molecule is O=C(NCCc1ccccc1)C1CCc2nc(-c3ccccc3)sc2C1. The van der Waals surface area contributed by atoms with Gasteiger partial charge in [0.1, 0.15) is 5.01 Å². The van der Waals surface area contributed by atoms with Crippen molar-refractivity contribution in [3.05, 3.63) is 76.8 Å². The standard InChI is InChI=1S/C22H22N2OS/c25-21(23-14-13-16-7-3-1-4-8-16)18-11-12-19-20(15-18)26-22(24-19)17-9-5-2-6-10-17/h1-10,18H,11-15H2,(H,23,25). The molecule has 2 aromatic carbocycles. The number of aromatic nitrogens is 1. The fourth-order valence-electron chi connectivity index (χ4n) is 3.42. The van der Waals surface area contributed by atoms with Gasteiger partial charge in [0.2, 0.25) is 5.91 Å². The van der Waals surface area contributed by atoms with Crippen LogP contribution in [0.15, 0.2) is 60.7 Å². The van der Waals surface area contributed by atoms with Crippen LogP contribution >= 0.6 is 11.3 Å². The van der Waals surface area contributed by atoms with Gasteiger partial charge in [-0.3, -0.25) is 4.79 Å². The maximum Gasteiger partial charge on any atom is 0.223 e. The number of rotatable bonds is 5. The average molecular weight is 362 g/mol. The molecule has 3 nitrogen and oxygen atoms in total. The van der Waals surface area contributed by atoms with E-state index in [1.165, 1.54) is 16.1 Å². The van der Waals surface area contributed by atoms with Crippen LogP contribution in [0, 0.1) is 5.92 Å². The van der Waals surface area contributed by atoms with Crippen LogP contribution < -0.4 is 5.32 Å². The number of carbonyl (C=O) groups excluding carboxylic acids is 1. The van der Waals surface area contributed by atoms with Crippen molar-refractivity contribution >= 4 is 17.2 Å². The van der Waals surface area contributed by atoms with Gasteiger partial charge in [-0.1, -0.05) is 60.7 Å². The minimum atomic E-state index is 0.0716. The van der Waals surface area contributed by atoms with E-state index >= 15 is 0 Å². The van der Waals surface area contributed by atoms with Gasteiger partial charge in [0.15, 0.2) is 0 Å². The van der Waals surface area contributed by atoms with Gasteiger partial charge in [-0.05, 0) is 31.2 Å². The molecule has 3 aromatic rings. The third-order valence-corrected chi connectivity index (χ3v) is 6.06. The Kier molecular flexibility index (Phi) is 5.12. The van der Waals surface area contributed by atoms with E-state index < -0.39 is 0 Å². The van der Waals surface area contributed by atoms with Crippen LogP contribution in [0.1, 0.15) is 22.6 Å². The molecule has 0 saturated carbocycles. The molecule has 1 amide bonds. The van der Waals surface area contributed by atoms with Gasteiger partial charge < -0.3 is 5.32 Å². The lowest BCUT2D eigenvalue weighted by atomic mass is 9.90. The lowest BCUT2D eigenvalue weighted by Gasteiger charge is -2.20. The Hall–Kier alpha value is -2.46. The Labute approximate surface area is 158 Å². The molecule has 0 radical (unpaired) electrons. The number of nitrogens with one attached hydrogen (secondary N) is 1. The van der Waals surface area contributed by atoms with Gasteiger partial charge in [-0.25, -0.2) is 4.98 Å². The summed E-state index contributed by atoms with van der Waals surface area (Å²) in [5, 5.41) is 4.19. The highest BCUT2D eigenvalue weighted by Gasteiger charge is 2.27. The monoisotopic (exact) mass is 362 g/mol. The molecule has 0 saturated heterocycles. The third-order valence-electron chi connectivity index (χ3n) is 4.89. The quantitative estimate of drug-likeness (QED) is 0.736. The summed E-state index contributed by atoms with van der Waals surface area (Å²) in [5.74, 6) is 0.253. The number of thiazole rings is 1. The number of carbonyl (C=O) groups is 1. The molecule has 1 aliphatic rings. The first-order valence-corrected chi connectivity index (χ1v) is 9.97. The lowest BCUT2D eigenvalue weighted by Crippen LogP contribution is -2.35. The number of fused-ring (bicyclic) bond motifs is 1. The predicted molar refractivity (Wildman–Crippen MR) is 106 cm³/mol. The molecule has 132 valence electrons. The van der Waals surface area contributed by atoms with Crippen molar-refractivity contribution < 1.29 is 4.79 Å². The molecule has 1 unspecified atom stereocenters. The highest BCUT2D eigenvalue weighted by atomic mass is 32.1. The highest BCUT2D eigenvalue weighted by molar-refractivity contribution is 7.15. The van der Waals surface area contributed by atoms with Gasteiger partial charge in [-0.15, -0.1) is 11.3 Å². The molecule has 0 spiro atoms. The smallest absolute Gasteiger partial charge is 0.223 e. The molecule has 1 N–H and O–H groups in total. The van der Waals surface area contributed by atoms with E-state index in [1.54, 1.807) is 11.3 Å². The summed E-state index contributed by atoms with van der Waals surface area (Å²) in [6.07, 6.45) is 3.48. The molecule has 1 atom stereocenters. The van der Waals surface area contributed by atoms with Gasteiger partial charge in [0.05, 0.1) is 5.69 Å². The van der Waals surface area contributed by atoms with Gasteiger partial charge >= 0.3 is 0 Å². The van der Waals surface area contributed by atoms with E-state index in [4.69, 9.17) is 4.98 Å². The molecular weight excluding hydrogens is 340 g/mol. The normalized spacial score (nSPS) is 16.1. The van der Waals surface area contributed by atoms with Gasteiger partial charge in [0, 0.05) is 22.9 Å². The zero-order valence-electron chi connectivity index (χ0n) is 14.7. The summed E-state index contributed by atoms with van der Waals surface area (Å²) in [6, 6.07) is 20.6. The maximum atomic E-state index is 12.5. The molecule has 4 heteroatoms. The van der Waals surface area contributed by atoms with Crippen molar-refractivity contribution in [1.82, 2.24) is 10.3 Å². The highest BCUT2D eigenvalue weighted by Crippen LogP contribution is 2.34. The molecule has 0 bridgehead atoms. The second-order valence-electron chi connectivity index (χ2n) is 6.72. The summed E-state index contributed by atoms with van der Waals surface area (Å²) < 4.78 is 0. The fraction of sp³-hybridized carbons (Fsp3) is 0.273. The second kappa shape index (κ2) is 7.83. The number of nitrogens with zero attached hydrogens (tertiary/aromatic N) is 1. The average Bonchev–Trinajstić information content (AvgIpc) is 3.13. The molecule has 1 heterocycles. The van der Waals surface area contributed by atoms with Crippen molar-refractivity contribution in [2.45, 2.75) is 25.7 Å². The number of hydrogen-bond acceptors (Lipinski definition) is 3. The van der Waals surface area contributed by atoms with Crippen molar-refractivity contribution in [3.63, 3.8) is 0 Å². The molecule has 1 aliphatic carbocycles. The molecule has 4 rings (SSSR count). The van der Waals surface area contributed by atoms with Crippen LogP contribution in [0.4, 0.5) is 0 Å². The Morgan fingerprint density at radius 3 is 2.58 bits per heavy atom. The van der Waals surface area contributed by atoms with Crippen molar-refractivity contribution in [2.24, 2.45) is 5.92 Å². The number of aryl methyl sites for hydroxylation is 1. The molecule has 1 aromatic heterocycles. The first kappa shape index (κ1) is 17.0. The molecular formula is C22H22N2OS. The van der Waals surface area contributed by atoms with Crippen LogP contribution in [-0.4, -0.2) is 17.4 Å². The van der Waals surface area contributed by atoms with E-state index in [0.29, 0.717) is 6.54 Å². The molecule has 0 fully saturated rings. The summed E-state index contributed by atoms with van der Waals surface area (Å²) in [4.78, 5) is 18.6. The fourth-order valence-corrected chi connectivity index (χ4v) is 4.62. The summed E-state index contributed by atoms with van der Waals surface area (Å²) in [6.45, 7) is 0.699. The van der Waals surface area contributed by atoms with Crippen LogP contribution in [0.3, 0.4) is 0 Å². The Balaban J connectivity index is 1.36. The van der Waals surface area contributed by atoms with E-state index in [9.17, 15) is 4.79 Å². The van der Waals surface area contributed by atoms with E-state index in [2.05, 4.69) is 29.6 Å². The largest absolute Gasteiger partial charge is 0.356 e. The van der Waals surface area contributed by atoms with Crippen LogP contribution in [-0.2, 0) is 24.1 Å². The Morgan fingerprint density at radius 2 is 1.81 bits per heavy atom. The predicted octanol–water partition coefficient (Wildman–Crippen LogP) is 4.27. The van der Waals surface area contributed by atoms with E-state index in [0.717, 1.165) is 36.3 Å². The summed E-state index contributed by atoms with van der Waals surface area (Å²) in [5.41, 5.74) is 3.60. The van der Waals surface area contributed by atoms with Gasteiger partial charge in [0.25, 0.3) is 0 Å². The molecule has 26 heavy (non-hydrogen) atoms. The zero-order valence-corrected chi connectivity index (χ0v) is 15.5. The topological polar surface area (TPSA) is 42.0 Å². The van der Waals surface area contributed by atoms with Crippen molar-refractivity contribution in [2.75, 3.05) is 6.54 Å². The van der Waals surface area contributed by atoms with Crippen LogP contribution in [0.25, 0.3) is 10.6 Å². The number of benzene rings is 2. The Morgan fingerprint density at radius 1 is 1.08 bits per heavy atom. The van der Waals surface area contributed by atoms with Crippen molar-refractivity contribution in [1.29, 1.82) is 0 Å². The maximum absolute atomic E-state index is 12.5. The zero-order chi connectivity index (χ0) is 17.8. The lowest BCUT2D eigenvalue weighted by molar-refractivity contribution is -0.125. The second-order valence-corrected chi connectivity index (χ2v) is 7.80.